The first-order chi connectivity index (χ1) is 38.1. The van der Waals surface area contributed by atoms with Crippen molar-refractivity contribution in [3.8, 4) is 50.7 Å². The van der Waals surface area contributed by atoms with Crippen LogP contribution in [0, 0.1) is 5.92 Å². The summed E-state index contributed by atoms with van der Waals surface area (Å²) in [5.74, 6) is 1.70. The van der Waals surface area contributed by atoms with Crippen molar-refractivity contribution in [2.75, 3.05) is 16.5 Å². The van der Waals surface area contributed by atoms with Gasteiger partial charge in [0.25, 0.3) is 0 Å². The lowest BCUT2D eigenvalue weighted by Crippen LogP contribution is -2.33. The first-order valence-electron chi connectivity index (χ1n) is 29.0. The average molecular weight is 986 g/mol. The Morgan fingerprint density at radius 1 is 0.600 bits per heavy atom. The number of rotatable bonds is 10. The molecule has 0 N–H and O–H groups in total. The maximum Gasteiger partial charge on any atom is 0.137 e. The van der Waals surface area contributed by atoms with Gasteiger partial charge in [0.05, 0.1) is 32.2 Å². The molecule has 5 nitrogen and oxygen atoms in total. The molecule has 10 aromatic rings. The van der Waals surface area contributed by atoms with Crippen LogP contribution in [0.5, 0.6) is 11.5 Å². The van der Waals surface area contributed by atoms with Crippen molar-refractivity contribution in [2.24, 2.45) is 5.92 Å². The molecular formula is C70H68N4O. The number of aromatic nitrogens is 2. The molecule has 12 rings (SSSR count). The van der Waals surface area contributed by atoms with Gasteiger partial charge in [-0.05, 0) is 140 Å². The molecule has 1 aliphatic carbocycles. The second-order valence-electron chi connectivity index (χ2n) is 23.2. The fourth-order valence-electron chi connectivity index (χ4n) is 11.4. The van der Waals surface area contributed by atoms with Crippen LogP contribution in [0.1, 0.15) is 104 Å². The Labute approximate surface area is 451 Å². The number of hydrogen-bond donors (Lipinski definition) is 0. The summed E-state index contributed by atoms with van der Waals surface area (Å²) in [6.07, 6.45) is 1.92. The minimum Gasteiger partial charge on any atom is -0.457 e. The molecule has 0 atom stereocenters. The van der Waals surface area contributed by atoms with Gasteiger partial charge in [0.15, 0.2) is 0 Å². The number of pyridine rings is 1. The second-order valence-corrected chi connectivity index (χ2v) is 23.2. The van der Waals surface area contributed by atoms with Gasteiger partial charge in [-0.3, -0.25) is 4.57 Å². The van der Waals surface area contributed by atoms with E-state index in [1.165, 1.54) is 5.56 Å². The van der Waals surface area contributed by atoms with Gasteiger partial charge in [0, 0.05) is 48.7 Å². The van der Waals surface area contributed by atoms with E-state index in [-0.39, 0.29) is 34.2 Å². The van der Waals surface area contributed by atoms with E-state index in [1.807, 2.05) is 62.4 Å². The molecule has 3 heterocycles. The van der Waals surface area contributed by atoms with Gasteiger partial charge in [-0.25, -0.2) is 4.98 Å². The van der Waals surface area contributed by atoms with Crippen LogP contribution in [0.4, 0.5) is 22.7 Å². The molecule has 374 valence electrons. The average Bonchev–Trinajstić information content (AvgIpc) is 4.15. The van der Waals surface area contributed by atoms with Crippen LogP contribution in [-0.2, 0) is 22.6 Å². The standard InChI is InChI=1S/C70H68N4O/c1-46(2)39-47-35-38-71-66(40-47)74-62-24-11-10-21-58(62)59-33-32-55(44-65(59)74)75-54-20-15-19-53(43-54)72-45-73(64-26-13-12-25-63(64)72)67-56(49-29-27-48(28-30-49)50-17-14-18-52(41-50)68(3,4)5)22-16-23-57(67)51-31-34-60-61(42-51)70(8,9)37-36-69(60,6)7/h10-35,38,40-44,46H,36-37,39,45H2,1-9H3/i31D,34D,39D2,42D. The van der Waals surface area contributed by atoms with Crippen LogP contribution in [0.3, 0.4) is 0 Å². The first-order valence-corrected chi connectivity index (χ1v) is 26.5. The Morgan fingerprint density at radius 3 is 2.04 bits per heavy atom. The Kier molecular flexibility index (Phi) is 10.5. The van der Waals surface area contributed by atoms with Crippen LogP contribution >= 0.6 is 0 Å². The molecule has 0 amide bonds. The Balaban J connectivity index is 0.965. The highest BCUT2D eigenvalue weighted by Gasteiger charge is 2.38. The van der Waals surface area contributed by atoms with Crippen molar-refractivity contribution in [1.29, 1.82) is 0 Å². The van der Waals surface area contributed by atoms with Crippen LogP contribution < -0.4 is 14.5 Å². The summed E-state index contributed by atoms with van der Waals surface area (Å²) < 4.78 is 56.6. The Hall–Kier alpha value is -7.89. The molecule has 5 heteroatoms. The molecule has 2 aliphatic rings. The van der Waals surface area contributed by atoms with E-state index >= 15 is 0 Å². The van der Waals surface area contributed by atoms with Gasteiger partial charge in [-0.2, -0.15) is 0 Å². The minimum absolute atomic E-state index is 0.00774. The van der Waals surface area contributed by atoms with Crippen molar-refractivity contribution < 1.29 is 11.6 Å². The summed E-state index contributed by atoms with van der Waals surface area (Å²) in [5.41, 5.74) is 14.0. The van der Waals surface area contributed by atoms with Crippen molar-refractivity contribution in [1.82, 2.24) is 9.55 Å². The predicted octanol–water partition coefficient (Wildman–Crippen LogP) is 19.1. The molecule has 1 aliphatic heterocycles. The number of hydrogen-bond acceptors (Lipinski definition) is 4. The summed E-state index contributed by atoms with van der Waals surface area (Å²) in [6, 6.07) is 59.0. The largest absolute Gasteiger partial charge is 0.457 e. The fourth-order valence-corrected chi connectivity index (χ4v) is 11.4. The fraction of sp³-hybridized carbons (Fsp3) is 0.243. The molecule has 0 radical (unpaired) electrons. The third kappa shape index (κ3) is 8.86. The van der Waals surface area contributed by atoms with Gasteiger partial charge in [-0.15, -0.1) is 0 Å². The molecule has 0 bridgehead atoms. The highest BCUT2D eigenvalue weighted by atomic mass is 16.5. The first kappa shape index (κ1) is 42.5. The van der Waals surface area contributed by atoms with Crippen molar-refractivity contribution in [2.45, 2.75) is 97.8 Å². The van der Waals surface area contributed by atoms with E-state index in [9.17, 15) is 4.11 Å². The molecule has 0 spiro atoms. The summed E-state index contributed by atoms with van der Waals surface area (Å²) >= 11 is 0. The Bertz CT molecular complexity index is 4070. The molecule has 8 aromatic carbocycles. The summed E-state index contributed by atoms with van der Waals surface area (Å²) in [4.78, 5) is 9.42. The quantitative estimate of drug-likeness (QED) is 0.137. The van der Waals surface area contributed by atoms with E-state index in [0.29, 0.717) is 41.2 Å². The molecule has 2 aromatic heterocycles. The van der Waals surface area contributed by atoms with E-state index in [2.05, 4.69) is 178 Å². The second kappa shape index (κ2) is 18.5. The van der Waals surface area contributed by atoms with Gasteiger partial charge < -0.3 is 14.5 Å². The van der Waals surface area contributed by atoms with Gasteiger partial charge >= 0.3 is 0 Å². The van der Waals surface area contributed by atoms with Crippen LogP contribution in [0.15, 0.2) is 194 Å². The third-order valence-electron chi connectivity index (χ3n) is 15.6. The lowest BCUT2D eigenvalue weighted by atomic mass is 9.63. The number of para-hydroxylation sites is 4. The van der Waals surface area contributed by atoms with E-state index in [4.69, 9.17) is 12.5 Å². The van der Waals surface area contributed by atoms with Gasteiger partial charge in [0.2, 0.25) is 0 Å². The Morgan fingerprint density at radius 2 is 1.27 bits per heavy atom. The van der Waals surface area contributed by atoms with E-state index in [1.54, 1.807) is 12.3 Å². The van der Waals surface area contributed by atoms with Gasteiger partial charge in [0.1, 0.15) is 24.0 Å². The van der Waals surface area contributed by atoms with Crippen molar-refractivity contribution in [3.05, 3.63) is 216 Å². The van der Waals surface area contributed by atoms with Gasteiger partial charge in [-0.1, -0.05) is 184 Å². The van der Waals surface area contributed by atoms with Crippen molar-refractivity contribution >= 4 is 44.6 Å². The molecule has 75 heavy (non-hydrogen) atoms. The SMILES string of the molecule is [2H]c1c([2H])c2c(c([2H])c1-c1cccc(-c3ccc(-c4cccc(C(C)(C)C)c4)cc3)c1N1CN(c3cccc(Oc4ccc5c6ccccc6n(-c6cc(C([2H])([2H])C(C)C)ccn6)c5c4)c3)c3ccccc31)C(C)(C)CCC2(C)C. The lowest BCUT2D eigenvalue weighted by Gasteiger charge is -2.42. The minimum atomic E-state index is -1.54. The molecular weight excluding hydrogens is 913 g/mol. The zero-order valence-electron chi connectivity index (χ0n) is 49.6. The zero-order chi connectivity index (χ0) is 56.2. The number of fused-ring (bicyclic) bond motifs is 5. The molecule has 0 saturated carbocycles. The van der Waals surface area contributed by atoms with Crippen LogP contribution in [-0.4, -0.2) is 16.2 Å². The predicted molar refractivity (Wildman–Crippen MR) is 316 cm³/mol. The maximum atomic E-state index is 10.2. The van der Waals surface area contributed by atoms with Crippen LogP contribution in [0.2, 0.25) is 0 Å². The summed E-state index contributed by atoms with van der Waals surface area (Å²) in [5, 5.41) is 2.10. The summed E-state index contributed by atoms with van der Waals surface area (Å²) in [7, 11) is 0. The molecule has 0 fully saturated rings. The number of ether oxygens (including phenoxy) is 1. The maximum absolute atomic E-state index is 10.2. The highest BCUT2D eigenvalue weighted by molar-refractivity contribution is 6.09. The summed E-state index contributed by atoms with van der Waals surface area (Å²) in [6.45, 7) is 19.7. The van der Waals surface area contributed by atoms with Crippen molar-refractivity contribution in [3.63, 3.8) is 0 Å². The highest BCUT2D eigenvalue weighted by Crippen LogP contribution is 2.53. The normalized spacial score (nSPS) is 16.1. The molecule has 0 unspecified atom stereocenters. The smallest absolute Gasteiger partial charge is 0.137 e. The van der Waals surface area contributed by atoms with E-state index in [0.717, 1.165) is 96.3 Å². The zero-order valence-corrected chi connectivity index (χ0v) is 44.6. The van der Waals surface area contributed by atoms with Crippen LogP contribution in [0.25, 0.3) is 61.0 Å². The monoisotopic (exact) mass is 986 g/mol. The molecule has 0 saturated heterocycles. The number of benzene rings is 8. The third-order valence-corrected chi connectivity index (χ3v) is 15.6. The lowest BCUT2D eigenvalue weighted by molar-refractivity contribution is 0.332. The number of anilines is 4. The topological polar surface area (TPSA) is 33.5 Å². The van der Waals surface area contributed by atoms with E-state index < -0.39 is 6.37 Å². The number of nitrogens with zero attached hydrogens (tertiary/aromatic N) is 4.